The van der Waals surface area contributed by atoms with Gasteiger partial charge in [-0.25, -0.2) is 4.85 Å². The molecule has 3 nitrogen and oxygen atoms in total. The highest BCUT2D eigenvalue weighted by atomic mass is 16.3. The summed E-state index contributed by atoms with van der Waals surface area (Å²) in [4.78, 5) is 3.69. The summed E-state index contributed by atoms with van der Waals surface area (Å²) >= 11 is 0. The molecule has 33 heavy (non-hydrogen) atoms. The SMILES string of the molecule is [2H]c1c(C([2H])(C)C)c([2H])c(-c2c(C)cc(-c3ccccc3)c3c2oc2c([N+]#[C-])cccc23)[n+](C)c1C. The molecule has 3 heteroatoms. The number of fused-ring (bicyclic) bond motifs is 3. The quantitative estimate of drug-likeness (QED) is 0.208. The largest absolute Gasteiger partial charge is 0.466 e. The molecule has 0 aliphatic carbocycles. The number of aromatic nitrogens is 1. The third-order valence-electron chi connectivity index (χ3n) is 6.28. The van der Waals surface area contributed by atoms with Crippen molar-refractivity contribution in [3.8, 4) is 22.4 Å². The van der Waals surface area contributed by atoms with E-state index in [1.54, 1.807) is 19.9 Å². The Morgan fingerprint density at radius 2 is 1.79 bits per heavy atom. The van der Waals surface area contributed by atoms with Gasteiger partial charge in [0, 0.05) is 31.2 Å². The van der Waals surface area contributed by atoms with Crippen LogP contribution in [0.25, 0.3) is 49.2 Å². The molecule has 0 aliphatic rings. The molecule has 0 bridgehead atoms. The van der Waals surface area contributed by atoms with Gasteiger partial charge in [0.1, 0.15) is 18.2 Å². The number of hydrogen-bond acceptors (Lipinski definition) is 1. The number of rotatable bonds is 3. The summed E-state index contributed by atoms with van der Waals surface area (Å²) < 4.78 is 34.9. The first-order valence-corrected chi connectivity index (χ1v) is 11.0. The number of para-hydroxylation sites is 1. The molecule has 2 aromatic heterocycles. The lowest BCUT2D eigenvalue weighted by molar-refractivity contribution is -0.666. The molecule has 0 unspecified atom stereocenters. The third-order valence-corrected chi connectivity index (χ3v) is 6.28. The second kappa shape index (κ2) is 7.90. The molecule has 162 valence electrons. The molecule has 5 aromatic rings. The lowest BCUT2D eigenvalue weighted by Gasteiger charge is -2.13. The number of benzene rings is 3. The second-order valence-corrected chi connectivity index (χ2v) is 8.67. The summed E-state index contributed by atoms with van der Waals surface area (Å²) in [7, 11) is 1.85. The lowest BCUT2D eigenvalue weighted by Crippen LogP contribution is -2.35. The van der Waals surface area contributed by atoms with E-state index in [1.165, 1.54) is 0 Å². The Morgan fingerprint density at radius 3 is 2.48 bits per heavy atom. The van der Waals surface area contributed by atoms with Crippen molar-refractivity contribution in [2.75, 3.05) is 0 Å². The van der Waals surface area contributed by atoms with Crippen LogP contribution in [0.2, 0.25) is 0 Å². The fraction of sp³-hybridized carbons (Fsp3) is 0.200. The molecule has 0 saturated heterocycles. The summed E-state index contributed by atoms with van der Waals surface area (Å²) in [6.45, 7) is 15.0. The van der Waals surface area contributed by atoms with E-state index in [0.717, 1.165) is 33.0 Å². The maximum Gasteiger partial charge on any atom is 0.229 e. The molecule has 0 saturated carbocycles. The molecule has 0 atom stereocenters. The number of furan rings is 1. The average molecular weight is 435 g/mol. The molecular weight excluding hydrogens is 404 g/mol. The first kappa shape index (κ1) is 17.6. The van der Waals surface area contributed by atoms with Crippen molar-refractivity contribution in [3.63, 3.8) is 0 Å². The number of pyridine rings is 1. The molecule has 0 fully saturated rings. The zero-order chi connectivity index (χ0) is 25.9. The molecule has 0 N–H and O–H groups in total. The Bertz CT molecular complexity index is 1720. The third kappa shape index (κ3) is 3.31. The highest BCUT2D eigenvalue weighted by Gasteiger charge is 2.26. The monoisotopic (exact) mass is 434 g/mol. The van der Waals surface area contributed by atoms with Crippen LogP contribution in [-0.4, -0.2) is 0 Å². The highest BCUT2D eigenvalue weighted by Crippen LogP contribution is 2.45. The molecule has 3 aromatic carbocycles. The minimum absolute atomic E-state index is 0.149. The minimum atomic E-state index is -1.12. The van der Waals surface area contributed by atoms with E-state index in [4.69, 9.17) is 15.1 Å². The summed E-state index contributed by atoms with van der Waals surface area (Å²) in [5, 5.41) is 1.74. The normalized spacial score (nSPS) is 13.0. The van der Waals surface area contributed by atoms with Gasteiger partial charge in [0.15, 0.2) is 5.69 Å². The smallest absolute Gasteiger partial charge is 0.229 e. The molecule has 0 amide bonds. The van der Waals surface area contributed by atoms with Crippen molar-refractivity contribution in [3.05, 3.63) is 94.9 Å². The summed E-state index contributed by atoms with van der Waals surface area (Å²) in [6.07, 6.45) is 0. The van der Waals surface area contributed by atoms with E-state index in [2.05, 4.69) is 23.0 Å². The topological polar surface area (TPSA) is 21.4 Å². The van der Waals surface area contributed by atoms with Crippen LogP contribution in [0, 0.1) is 20.4 Å². The molecule has 0 radical (unpaired) electrons. The van der Waals surface area contributed by atoms with Gasteiger partial charge in [-0.05, 0) is 41.1 Å². The first-order valence-electron chi connectivity index (χ1n) is 12.5. The number of hydrogen-bond donors (Lipinski definition) is 0. The van der Waals surface area contributed by atoms with Crippen molar-refractivity contribution in [1.82, 2.24) is 0 Å². The van der Waals surface area contributed by atoms with Crippen LogP contribution in [0.4, 0.5) is 5.69 Å². The van der Waals surface area contributed by atoms with Gasteiger partial charge in [0.05, 0.1) is 14.9 Å². The van der Waals surface area contributed by atoms with Crippen LogP contribution >= 0.6 is 0 Å². The molecule has 0 aliphatic heterocycles. The Balaban J connectivity index is 2.03. The van der Waals surface area contributed by atoms with Crippen LogP contribution in [0.1, 0.15) is 40.7 Å². The average Bonchev–Trinajstić information content (AvgIpc) is 3.23. The van der Waals surface area contributed by atoms with Gasteiger partial charge in [0.2, 0.25) is 11.4 Å². The van der Waals surface area contributed by atoms with Gasteiger partial charge in [0.25, 0.3) is 0 Å². The van der Waals surface area contributed by atoms with Gasteiger partial charge in [-0.2, -0.15) is 4.57 Å². The zero-order valence-electron chi connectivity index (χ0n) is 22.5. The Hall–Kier alpha value is -3.90. The summed E-state index contributed by atoms with van der Waals surface area (Å²) in [5.41, 5.74) is 6.92. The molecule has 0 spiro atoms. The maximum absolute atomic E-state index is 9.17. The summed E-state index contributed by atoms with van der Waals surface area (Å²) in [5.74, 6) is -1.12. The van der Waals surface area contributed by atoms with Gasteiger partial charge in [-0.3, -0.25) is 0 Å². The zero-order valence-corrected chi connectivity index (χ0v) is 19.5. The maximum atomic E-state index is 9.17. The van der Waals surface area contributed by atoms with E-state index in [1.807, 2.05) is 55.8 Å². The van der Waals surface area contributed by atoms with Crippen molar-refractivity contribution in [2.24, 2.45) is 7.05 Å². The van der Waals surface area contributed by atoms with Gasteiger partial charge < -0.3 is 4.42 Å². The standard InChI is InChI=1S/C30H27N2O/c1-18(2)22-16-20(4)32(6)26(17-22)27-19(3)15-24(21-11-8-7-9-12-21)28-23-13-10-14-25(31-5)29(23)33-30(27)28/h7-18H,1-4,6H3/q+1/i16D,17D,18D. The second-order valence-electron chi connectivity index (χ2n) is 8.67. The van der Waals surface area contributed by atoms with Crippen LogP contribution in [0.3, 0.4) is 0 Å². The fourth-order valence-electron chi connectivity index (χ4n) is 4.46. The Kier molecular flexibility index (Phi) is 4.22. The van der Waals surface area contributed by atoms with Gasteiger partial charge >= 0.3 is 0 Å². The van der Waals surface area contributed by atoms with E-state index in [0.29, 0.717) is 33.8 Å². The minimum Gasteiger partial charge on any atom is -0.466 e. The predicted octanol–water partition coefficient (Wildman–Crippen LogP) is 8.04. The van der Waals surface area contributed by atoms with E-state index >= 15 is 0 Å². The van der Waals surface area contributed by atoms with E-state index < -0.39 is 5.89 Å². The highest BCUT2D eigenvalue weighted by molar-refractivity contribution is 6.18. The van der Waals surface area contributed by atoms with Gasteiger partial charge in [-0.15, -0.1) is 0 Å². The Morgan fingerprint density at radius 1 is 1.03 bits per heavy atom. The van der Waals surface area contributed by atoms with Crippen LogP contribution in [0.5, 0.6) is 0 Å². The molecule has 2 heterocycles. The van der Waals surface area contributed by atoms with Crippen LogP contribution in [0.15, 0.2) is 71.1 Å². The molecule has 5 rings (SSSR count). The first-order chi connectivity index (χ1) is 17.1. The van der Waals surface area contributed by atoms with Crippen molar-refractivity contribution >= 4 is 27.6 Å². The van der Waals surface area contributed by atoms with E-state index in [9.17, 15) is 0 Å². The predicted molar refractivity (Wildman–Crippen MR) is 136 cm³/mol. The number of aryl methyl sites for hydroxylation is 1. The van der Waals surface area contributed by atoms with Crippen LogP contribution in [-0.2, 0) is 7.05 Å². The fourth-order valence-corrected chi connectivity index (χ4v) is 4.46. The van der Waals surface area contributed by atoms with Crippen molar-refractivity contribution < 1.29 is 13.1 Å². The Labute approximate surface area is 199 Å². The van der Waals surface area contributed by atoms with E-state index in [-0.39, 0.29) is 12.1 Å². The number of nitrogens with zero attached hydrogens (tertiary/aromatic N) is 2. The lowest BCUT2D eigenvalue weighted by atomic mass is 9.91. The van der Waals surface area contributed by atoms with Gasteiger partial charge in [-0.1, -0.05) is 62.4 Å². The summed E-state index contributed by atoms with van der Waals surface area (Å²) in [6, 6.07) is 18.2. The van der Waals surface area contributed by atoms with Crippen molar-refractivity contribution in [1.29, 1.82) is 0 Å². The molecular formula is C30H27N2O+. The van der Waals surface area contributed by atoms with Crippen LogP contribution < -0.4 is 4.57 Å². The van der Waals surface area contributed by atoms with Crippen molar-refractivity contribution in [2.45, 2.75) is 33.6 Å².